The lowest BCUT2D eigenvalue weighted by Crippen LogP contribution is -2.31. The number of anilines is 1. The van der Waals surface area contributed by atoms with Crippen LogP contribution in [0.4, 0.5) is 16.2 Å². The van der Waals surface area contributed by atoms with Crippen LogP contribution in [0.3, 0.4) is 0 Å². The summed E-state index contributed by atoms with van der Waals surface area (Å²) in [5, 5.41) is 20.4. The van der Waals surface area contributed by atoms with Crippen molar-refractivity contribution in [1.82, 2.24) is 0 Å². The highest BCUT2D eigenvalue weighted by atomic mass is 16.6. The average molecular weight is 356 g/mol. The van der Waals surface area contributed by atoms with Gasteiger partial charge in [-0.1, -0.05) is 43.0 Å². The van der Waals surface area contributed by atoms with Gasteiger partial charge in [0.1, 0.15) is 12.3 Å². The van der Waals surface area contributed by atoms with E-state index in [1.807, 2.05) is 0 Å². The molecule has 0 saturated carbocycles. The Morgan fingerprint density at radius 3 is 2.50 bits per heavy atom. The minimum absolute atomic E-state index is 0.0179. The molecule has 1 N–H and O–H groups in total. The van der Waals surface area contributed by atoms with Crippen molar-refractivity contribution in [3.8, 4) is 0 Å². The van der Waals surface area contributed by atoms with Crippen molar-refractivity contribution in [2.24, 2.45) is 0 Å². The molecule has 0 fully saturated rings. The minimum atomic E-state index is -1.30. The number of rotatable bonds is 7. The van der Waals surface area contributed by atoms with Crippen LogP contribution in [0.25, 0.3) is 0 Å². The van der Waals surface area contributed by atoms with Crippen LogP contribution in [-0.4, -0.2) is 28.7 Å². The minimum Gasteiger partial charge on any atom is -0.478 e. The van der Waals surface area contributed by atoms with Gasteiger partial charge in [-0.25, -0.2) is 9.59 Å². The van der Waals surface area contributed by atoms with Crippen LogP contribution in [0.2, 0.25) is 0 Å². The third-order valence-corrected chi connectivity index (χ3v) is 3.44. The van der Waals surface area contributed by atoms with Gasteiger partial charge in [-0.15, -0.1) is 0 Å². The van der Waals surface area contributed by atoms with Crippen molar-refractivity contribution in [2.75, 3.05) is 11.5 Å². The second-order valence-corrected chi connectivity index (χ2v) is 5.20. The standard InChI is InChI=1S/C18H16N2O6/c1-2-10-26-18(23)19(12-13-6-4-3-5-7-13)15-9-8-14(17(21)22)11-16(15)20(24)25/h2-9,11H,1,10,12H2,(H,21,22). The lowest BCUT2D eigenvalue weighted by Gasteiger charge is -2.22. The van der Waals surface area contributed by atoms with E-state index in [0.717, 1.165) is 16.5 Å². The second kappa shape index (κ2) is 8.43. The van der Waals surface area contributed by atoms with Gasteiger partial charge < -0.3 is 9.84 Å². The maximum atomic E-state index is 12.4. The van der Waals surface area contributed by atoms with Crippen molar-refractivity contribution < 1.29 is 24.4 Å². The van der Waals surface area contributed by atoms with E-state index in [4.69, 9.17) is 9.84 Å². The van der Waals surface area contributed by atoms with E-state index >= 15 is 0 Å². The molecule has 0 spiro atoms. The summed E-state index contributed by atoms with van der Waals surface area (Å²) < 4.78 is 5.02. The van der Waals surface area contributed by atoms with E-state index in [1.165, 1.54) is 18.2 Å². The Morgan fingerprint density at radius 2 is 1.92 bits per heavy atom. The molecule has 134 valence electrons. The van der Waals surface area contributed by atoms with Crippen molar-refractivity contribution in [2.45, 2.75) is 6.54 Å². The number of hydrogen-bond acceptors (Lipinski definition) is 5. The number of amides is 1. The van der Waals surface area contributed by atoms with Gasteiger partial charge in [0.15, 0.2) is 0 Å². The van der Waals surface area contributed by atoms with Crippen LogP contribution in [0.15, 0.2) is 61.2 Å². The first-order valence-electron chi connectivity index (χ1n) is 7.55. The van der Waals surface area contributed by atoms with Gasteiger partial charge in [0.2, 0.25) is 0 Å². The zero-order valence-corrected chi connectivity index (χ0v) is 13.7. The number of carbonyl (C=O) groups excluding carboxylic acids is 1. The van der Waals surface area contributed by atoms with Crippen molar-refractivity contribution in [3.63, 3.8) is 0 Å². The summed E-state index contributed by atoms with van der Waals surface area (Å²) >= 11 is 0. The van der Waals surface area contributed by atoms with Crippen LogP contribution in [-0.2, 0) is 11.3 Å². The first-order chi connectivity index (χ1) is 12.4. The Bertz CT molecular complexity index is 835. The topological polar surface area (TPSA) is 110 Å². The van der Waals surface area contributed by atoms with Gasteiger partial charge in [-0.05, 0) is 17.7 Å². The molecule has 0 aromatic heterocycles. The summed E-state index contributed by atoms with van der Waals surface area (Å²) in [6.45, 7) is 3.41. The van der Waals surface area contributed by atoms with E-state index < -0.39 is 22.7 Å². The summed E-state index contributed by atoms with van der Waals surface area (Å²) in [6.07, 6.45) is 0.570. The van der Waals surface area contributed by atoms with Crippen LogP contribution in [0.5, 0.6) is 0 Å². The van der Waals surface area contributed by atoms with Gasteiger partial charge >= 0.3 is 12.1 Å². The fourth-order valence-electron chi connectivity index (χ4n) is 2.25. The summed E-state index contributed by atoms with van der Waals surface area (Å²) in [7, 11) is 0. The molecule has 26 heavy (non-hydrogen) atoms. The number of carboxylic acid groups (broad SMARTS) is 1. The fourth-order valence-corrected chi connectivity index (χ4v) is 2.25. The predicted octanol–water partition coefficient (Wildman–Crippen LogP) is 3.62. The Balaban J connectivity index is 2.49. The van der Waals surface area contributed by atoms with Gasteiger partial charge in [-0.3, -0.25) is 15.0 Å². The molecule has 0 radical (unpaired) electrons. The van der Waals surface area contributed by atoms with E-state index in [0.29, 0.717) is 0 Å². The molecule has 0 aliphatic rings. The summed E-state index contributed by atoms with van der Waals surface area (Å²) in [5.41, 5.74) is -0.0893. The Kier molecular flexibility index (Phi) is 6.05. The summed E-state index contributed by atoms with van der Waals surface area (Å²) in [4.78, 5) is 35.3. The average Bonchev–Trinajstić information content (AvgIpc) is 2.64. The van der Waals surface area contributed by atoms with Gasteiger partial charge in [0.25, 0.3) is 5.69 Å². The third kappa shape index (κ3) is 4.44. The highest BCUT2D eigenvalue weighted by molar-refractivity contribution is 5.94. The predicted molar refractivity (Wildman–Crippen MR) is 94.2 cm³/mol. The summed E-state index contributed by atoms with van der Waals surface area (Å²) in [6, 6.07) is 12.2. The second-order valence-electron chi connectivity index (χ2n) is 5.20. The Labute approximate surface area is 149 Å². The lowest BCUT2D eigenvalue weighted by molar-refractivity contribution is -0.384. The van der Waals surface area contributed by atoms with Crippen molar-refractivity contribution >= 4 is 23.4 Å². The molecule has 2 aromatic rings. The van der Waals surface area contributed by atoms with E-state index in [1.54, 1.807) is 30.3 Å². The summed E-state index contributed by atoms with van der Waals surface area (Å²) in [5.74, 6) is -1.30. The molecule has 1 amide bonds. The highest BCUT2D eigenvalue weighted by Crippen LogP contribution is 2.31. The fraction of sp³-hybridized carbons (Fsp3) is 0.111. The number of benzene rings is 2. The molecule has 0 bridgehead atoms. The molecule has 0 atom stereocenters. The molecular formula is C18H16N2O6. The molecule has 0 unspecified atom stereocenters. The normalized spacial score (nSPS) is 10.0. The van der Waals surface area contributed by atoms with E-state index in [9.17, 15) is 19.7 Å². The number of carboxylic acids is 1. The highest BCUT2D eigenvalue weighted by Gasteiger charge is 2.27. The molecule has 2 rings (SSSR count). The van der Waals surface area contributed by atoms with Crippen molar-refractivity contribution in [3.05, 3.63) is 82.4 Å². The quantitative estimate of drug-likeness (QED) is 0.461. The van der Waals surface area contributed by atoms with Crippen LogP contribution in [0.1, 0.15) is 15.9 Å². The van der Waals surface area contributed by atoms with Crippen LogP contribution < -0.4 is 4.90 Å². The van der Waals surface area contributed by atoms with Crippen LogP contribution in [0, 0.1) is 10.1 Å². The molecule has 8 heteroatoms. The molecule has 0 aliphatic heterocycles. The molecule has 0 heterocycles. The molecular weight excluding hydrogens is 340 g/mol. The largest absolute Gasteiger partial charge is 0.478 e. The van der Waals surface area contributed by atoms with Gasteiger partial charge in [0.05, 0.1) is 17.0 Å². The molecule has 2 aromatic carbocycles. The molecule has 8 nitrogen and oxygen atoms in total. The smallest absolute Gasteiger partial charge is 0.415 e. The zero-order chi connectivity index (χ0) is 19.1. The first kappa shape index (κ1) is 18.7. The number of nitro groups is 1. The molecule has 0 aliphatic carbocycles. The van der Waals surface area contributed by atoms with E-state index in [2.05, 4.69) is 6.58 Å². The Morgan fingerprint density at radius 1 is 1.23 bits per heavy atom. The van der Waals surface area contributed by atoms with E-state index in [-0.39, 0.29) is 24.4 Å². The maximum absolute atomic E-state index is 12.4. The SMILES string of the molecule is C=CCOC(=O)N(Cc1ccccc1)c1ccc(C(=O)O)cc1[N+](=O)[O-]. The number of nitro benzene ring substituents is 1. The Hall–Kier alpha value is -3.68. The monoisotopic (exact) mass is 356 g/mol. The molecule has 0 saturated heterocycles. The van der Waals surface area contributed by atoms with Gasteiger partial charge in [0, 0.05) is 6.07 Å². The number of carbonyl (C=O) groups is 2. The zero-order valence-electron chi connectivity index (χ0n) is 13.7. The lowest BCUT2D eigenvalue weighted by atomic mass is 10.1. The van der Waals surface area contributed by atoms with Crippen LogP contribution >= 0.6 is 0 Å². The van der Waals surface area contributed by atoms with Crippen molar-refractivity contribution in [1.29, 1.82) is 0 Å². The number of ether oxygens (including phenoxy) is 1. The first-order valence-corrected chi connectivity index (χ1v) is 7.55. The third-order valence-electron chi connectivity index (χ3n) is 3.44. The number of nitrogens with zero attached hydrogens (tertiary/aromatic N) is 2. The number of hydrogen-bond donors (Lipinski definition) is 1. The maximum Gasteiger partial charge on any atom is 0.415 e. The van der Waals surface area contributed by atoms with Gasteiger partial charge in [-0.2, -0.15) is 0 Å². The number of aromatic carboxylic acids is 1.